The Morgan fingerprint density at radius 3 is 2.86 bits per heavy atom. The molecule has 0 spiro atoms. The van der Waals surface area contributed by atoms with Crippen LogP contribution in [0.25, 0.3) is 0 Å². The Labute approximate surface area is 165 Å². The summed E-state index contributed by atoms with van der Waals surface area (Å²) in [6, 6.07) is 7.78. The van der Waals surface area contributed by atoms with Crippen LogP contribution in [0, 0.1) is 0 Å². The van der Waals surface area contributed by atoms with Crippen molar-refractivity contribution < 1.29 is 14.3 Å². The maximum absolute atomic E-state index is 12.7. The van der Waals surface area contributed by atoms with Crippen LogP contribution in [0.4, 0.5) is 4.79 Å². The van der Waals surface area contributed by atoms with E-state index in [1.165, 1.54) is 0 Å². The second kappa shape index (κ2) is 8.73. The van der Waals surface area contributed by atoms with Gasteiger partial charge in [-0.15, -0.1) is 0 Å². The Morgan fingerprint density at radius 1 is 1.29 bits per heavy atom. The van der Waals surface area contributed by atoms with E-state index in [0.717, 1.165) is 28.9 Å². The third-order valence-corrected chi connectivity index (χ3v) is 4.87. The van der Waals surface area contributed by atoms with Crippen LogP contribution in [-0.2, 0) is 19.4 Å². The summed E-state index contributed by atoms with van der Waals surface area (Å²) < 4.78 is 5.23. The standard InChI is InChI=1S/C21H26N4O3/c1-24(2)21(27)25-10-8-18-16(14-25)12-22-13-19(18)20(26)23-9-7-15-5-4-6-17(11-15)28-3/h4-6,11-13H,7-10,14H2,1-3H3,(H,23,26). The molecule has 1 N–H and O–H groups in total. The monoisotopic (exact) mass is 382 g/mol. The molecule has 7 nitrogen and oxygen atoms in total. The Balaban J connectivity index is 1.63. The molecule has 1 aliphatic heterocycles. The molecule has 0 radical (unpaired) electrons. The summed E-state index contributed by atoms with van der Waals surface area (Å²) in [6.07, 6.45) is 4.73. The average Bonchev–Trinajstić information content (AvgIpc) is 2.72. The largest absolute Gasteiger partial charge is 0.497 e. The number of pyridine rings is 1. The highest BCUT2D eigenvalue weighted by Crippen LogP contribution is 2.22. The van der Waals surface area contributed by atoms with Crippen molar-refractivity contribution in [2.75, 3.05) is 34.3 Å². The number of rotatable bonds is 5. The lowest BCUT2D eigenvalue weighted by Gasteiger charge is -2.31. The number of benzene rings is 1. The van der Waals surface area contributed by atoms with Gasteiger partial charge in [-0.25, -0.2) is 4.79 Å². The fourth-order valence-corrected chi connectivity index (χ4v) is 3.38. The number of carbonyl (C=O) groups excluding carboxylic acids is 2. The van der Waals surface area contributed by atoms with E-state index in [1.54, 1.807) is 43.4 Å². The number of aromatic nitrogens is 1. The number of amides is 3. The summed E-state index contributed by atoms with van der Waals surface area (Å²) >= 11 is 0. The van der Waals surface area contributed by atoms with Crippen molar-refractivity contribution in [2.45, 2.75) is 19.4 Å². The summed E-state index contributed by atoms with van der Waals surface area (Å²) in [4.78, 5) is 32.4. The third kappa shape index (κ3) is 4.42. The summed E-state index contributed by atoms with van der Waals surface area (Å²) in [6.45, 7) is 1.60. The van der Waals surface area contributed by atoms with E-state index in [4.69, 9.17) is 4.74 Å². The van der Waals surface area contributed by atoms with E-state index < -0.39 is 0 Å². The average molecular weight is 382 g/mol. The summed E-state index contributed by atoms with van der Waals surface area (Å²) in [7, 11) is 5.12. The van der Waals surface area contributed by atoms with E-state index in [2.05, 4.69) is 10.3 Å². The van der Waals surface area contributed by atoms with Gasteiger partial charge in [0.2, 0.25) is 0 Å². The van der Waals surface area contributed by atoms with E-state index in [1.807, 2.05) is 24.3 Å². The summed E-state index contributed by atoms with van der Waals surface area (Å²) in [5, 5.41) is 2.98. The van der Waals surface area contributed by atoms with Crippen LogP contribution < -0.4 is 10.1 Å². The van der Waals surface area contributed by atoms with Crippen molar-refractivity contribution in [1.29, 1.82) is 0 Å². The zero-order valence-corrected chi connectivity index (χ0v) is 16.6. The predicted molar refractivity (Wildman–Crippen MR) is 106 cm³/mol. The molecule has 0 aliphatic carbocycles. The highest BCUT2D eigenvalue weighted by molar-refractivity contribution is 5.95. The lowest BCUT2D eigenvalue weighted by Crippen LogP contribution is -2.42. The molecule has 3 rings (SSSR count). The first-order chi connectivity index (χ1) is 13.5. The predicted octanol–water partition coefficient (Wildman–Crippen LogP) is 2.10. The SMILES string of the molecule is COc1cccc(CCNC(=O)c2cncc3c2CCN(C(=O)N(C)C)C3)c1. The molecule has 148 valence electrons. The van der Waals surface area contributed by atoms with Gasteiger partial charge in [-0.1, -0.05) is 12.1 Å². The third-order valence-electron chi connectivity index (χ3n) is 4.87. The van der Waals surface area contributed by atoms with Crippen LogP contribution >= 0.6 is 0 Å². The lowest BCUT2D eigenvalue weighted by atomic mass is 9.97. The maximum Gasteiger partial charge on any atom is 0.319 e. The van der Waals surface area contributed by atoms with Crippen LogP contribution in [0.5, 0.6) is 5.75 Å². The molecule has 2 heterocycles. The minimum atomic E-state index is -0.125. The van der Waals surface area contributed by atoms with E-state index in [0.29, 0.717) is 31.6 Å². The summed E-state index contributed by atoms with van der Waals surface area (Å²) in [5.41, 5.74) is 3.62. The Hall–Kier alpha value is -3.09. The number of urea groups is 1. The van der Waals surface area contributed by atoms with Gasteiger partial charge in [0.1, 0.15) is 5.75 Å². The quantitative estimate of drug-likeness (QED) is 0.859. The van der Waals surface area contributed by atoms with Gasteiger partial charge in [0.05, 0.1) is 12.7 Å². The molecule has 2 aromatic rings. The first-order valence-electron chi connectivity index (χ1n) is 9.32. The molecule has 0 saturated heterocycles. The number of ether oxygens (including phenoxy) is 1. The van der Waals surface area contributed by atoms with E-state index >= 15 is 0 Å². The van der Waals surface area contributed by atoms with Gasteiger partial charge in [0.15, 0.2) is 0 Å². The smallest absolute Gasteiger partial charge is 0.319 e. The lowest BCUT2D eigenvalue weighted by molar-refractivity contribution is 0.0952. The van der Waals surface area contributed by atoms with Crippen molar-refractivity contribution in [3.05, 3.63) is 58.9 Å². The van der Waals surface area contributed by atoms with Gasteiger partial charge < -0.3 is 19.9 Å². The van der Waals surface area contributed by atoms with Crippen LogP contribution in [0.2, 0.25) is 0 Å². The second-order valence-electron chi connectivity index (χ2n) is 7.03. The number of hydrogen-bond donors (Lipinski definition) is 1. The van der Waals surface area contributed by atoms with E-state index in [-0.39, 0.29) is 11.9 Å². The molecule has 0 saturated carbocycles. The topological polar surface area (TPSA) is 74.8 Å². The molecule has 1 aliphatic rings. The van der Waals surface area contributed by atoms with Gasteiger partial charge in [0.25, 0.3) is 5.91 Å². The number of nitrogens with zero attached hydrogens (tertiary/aromatic N) is 3. The van der Waals surface area contributed by atoms with Crippen molar-refractivity contribution in [1.82, 2.24) is 20.1 Å². The Bertz CT molecular complexity index is 866. The van der Waals surface area contributed by atoms with Crippen molar-refractivity contribution in [3.8, 4) is 5.75 Å². The van der Waals surface area contributed by atoms with Crippen LogP contribution in [0.1, 0.15) is 27.0 Å². The summed E-state index contributed by atoms with van der Waals surface area (Å²) in [5.74, 6) is 0.682. The molecule has 1 aromatic heterocycles. The highest BCUT2D eigenvalue weighted by Gasteiger charge is 2.25. The van der Waals surface area contributed by atoms with Crippen molar-refractivity contribution in [3.63, 3.8) is 0 Å². The zero-order chi connectivity index (χ0) is 20.1. The minimum absolute atomic E-state index is 0.0289. The van der Waals surface area contributed by atoms with Crippen LogP contribution in [0.15, 0.2) is 36.7 Å². The van der Waals surface area contributed by atoms with E-state index in [9.17, 15) is 9.59 Å². The molecule has 0 bridgehead atoms. The molecule has 1 aromatic carbocycles. The van der Waals surface area contributed by atoms with Gasteiger partial charge in [-0.2, -0.15) is 0 Å². The fraction of sp³-hybridized carbons (Fsp3) is 0.381. The number of carbonyl (C=O) groups is 2. The first-order valence-corrected chi connectivity index (χ1v) is 9.32. The van der Waals surface area contributed by atoms with Crippen LogP contribution in [0.3, 0.4) is 0 Å². The normalized spacial score (nSPS) is 12.9. The molecular weight excluding hydrogens is 356 g/mol. The number of fused-ring (bicyclic) bond motifs is 1. The fourth-order valence-electron chi connectivity index (χ4n) is 3.38. The second-order valence-corrected chi connectivity index (χ2v) is 7.03. The van der Waals surface area contributed by atoms with Crippen molar-refractivity contribution >= 4 is 11.9 Å². The number of nitrogens with one attached hydrogen (secondary N) is 1. The van der Waals surface area contributed by atoms with Gasteiger partial charge >= 0.3 is 6.03 Å². The van der Waals surface area contributed by atoms with Gasteiger partial charge in [-0.05, 0) is 41.7 Å². The maximum atomic E-state index is 12.7. The van der Waals surface area contributed by atoms with Crippen molar-refractivity contribution in [2.24, 2.45) is 0 Å². The molecule has 0 atom stereocenters. The molecule has 0 unspecified atom stereocenters. The number of hydrogen-bond acceptors (Lipinski definition) is 4. The highest BCUT2D eigenvalue weighted by atomic mass is 16.5. The molecular formula is C21H26N4O3. The first kappa shape index (κ1) is 19.7. The Kier molecular flexibility index (Phi) is 6.13. The zero-order valence-electron chi connectivity index (χ0n) is 16.6. The number of methoxy groups -OCH3 is 1. The van der Waals surface area contributed by atoms with Gasteiger partial charge in [0, 0.05) is 46.1 Å². The molecule has 0 fully saturated rings. The molecule has 7 heteroatoms. The Morgan fingerprint density at radius 2 is 2.11 bits per heavy atom. The minimum Gasteiger partial charge on any atom is -0.497 e. The molecule has 3 amide bonds. The van der Waals surface area contributed by atoms with Gasteiger partial charge in [-0.3, -0.25) is 9.78 Å². The van der Waals surface area contributed by atoms with Crippen LogP contribution in [-0.4, -0.2) is 61.0 Å². The molecule has 28 heavy (non-hydrogen) atoms.